The largest absolute Gasteiger partial charge is 0.352 e. The Morgan fingerprint density at radius 2 is 1.81 bits per heavy atom. The van der Waals surface area contributed by atoms with E-state index in [0.29, 0.717) is 12.6 Å². The first-order valence-electron chi connectivity index (χ1n) is 8.77. The fraction of sp³-hybridized carbons (Fsp3) is 0.941. The Bertz CT molecular complexity index is 282. The van der Waals surface area contributed by atoms with Gasteiger partial charge in [-0.3, -0.25) is 9.69 Å². The molecule has 124 valence electrons. The Morgan fingerprint density at radius 3 is 2.33 bits per heavy atom. The zero-order chi connectivity index (χ0) is 15.7. The van der Waals surface area contributed by atoms with Gasteiger partial charge in [-0.25, -0.2) is 0 Å². The van der Waals surface area contributed by atoms with Gasteiger partial charge in [0, 0.05) is 6.04 Å². The Hall–Kier alpha value is -0.610. The molecule has 0 radical (unpaired) electrons. The lowest BCUT2D eigenvalue weighted by Gasteiger charge is -2.32. The normalized spacial score (nSPS) is 17.6. The van der Waals surface area contributed by atoms with Gasteiger partial charge in [0.25, 0.3) is 0 Å². The molecule has 21 heavy (non-hydrogen) atoms. The van der Waals surface area contributed by atoms with Gasteiger partial charge in [-0.1, -0.05) is 27.7 Å². The molecule has 0 aromatic rings. The van der Waals surface area contributed by atoms with Crippen LogP contribution in [0.3, 0.4) is 0 Å². The maximum Gasteiger partial charge on any atom is 0.234 e. The number of amides is 1. The Kier molecular flexibility index (Phi) is 8.93. The Balaban J connectivity index is 2.16. The van der Waals surface area contributed by atoms with Crippen molar-refractivity contribution in [1.29, 1.82) is 0 Å². The van der Waals surface area contributed by atoms with Gasteiger partial charge < -0.3 is 10.6 Å². The van der Waals surface area contributed by atoms with Gasteiger partial charge in [-0.05, 0) is 63.7 Å². The third kappa shape index (κ3) is 7.82. The topological polar surface area (TPSA) is 44.4 Å². The molecule has 1 saturated heterocycles. The van der Waals surface area contributed by atoms with E-state index >= 15 is 0 Å². The highest BCUT2D eigenvalue weighted by molar-refractivity contribution is 5.78. The summed E-state index contributed by atoms with van der Waals surface area (Å²) in [6.07, 6.45) is 4.46. The minimum absolute atomic E-state index is 0.195. The molecule has 0 aliphatic carbocycles. The molecular weight excluding hydrogens is 262 g/mol. The van der Waals surface area contributed by atoms with Crippen molar-refractivity contribution in [2.75, 3.05) is 32.7 Å². The van der Waals surface area contributed by atoms with Gasteiger partial charge in [-0.2, -0.15) is 0 Å². The van der Waals surface area contributed by atoms with E-state index in [1.807, 2.05) is 0 Å². The number of nitrogens with one attached hydrogen (secondary N) is 2. The van der Waals surface area contributed by atoms with E-state index in [4.69, 9.17) is 0 Å². The van der Waals surface area contributed by atoms with E-state index < -0.39 is 0 Å². The molecule has 0 atom stereocenters. The van der Waals surface area contributed by atoms with E-state index in [-0.39, 0.29) is 5.91 Å². The zero-order valence-corrected chi connectivity index (χ0v) is 14.5. The number of likely N-dealkylation sites (tertiary alicyclic amines) is 1. The standard InChI is InChI=1S/C17H35N3O/c1-5-16(6-2)19-17(21)13-20-9-7-15(8-10-20)12-18-11-14(3)4/h14-16,18H,5-13H2,1-4H3,(H,19,21). The second-order valence-electron chi connectivity index (χ2n) is 6.85. The van der Waals surface area contributed by atoms with Crippen LogP contribution < -0.4 is 10.6 Å². The molecular formula is C17H35N3O. The van der Waals surface area contributed by atoms with Crippen molar-refractivity contribution in [1.82, 2.24) is 15.5 Å². The van der Waals surface area contributed by atoms with Gasteiger partial charge in [-0.15, -0.1) is 0 Å². The number of hydrogen-bond donors (Lipinski definition) is 2. The van der Waals surface area contributed by atoms with Crippen molar-refractivity contribution in [3.05, 3.63) is 0 Å². The predicted octanol–water partition coefficient (Wildman–Crippen LogP) is 2.25. The molecule has 4 nitrogen and oxygen atoms in total. The van der Waals surface area contributed by atoms with Crippen LogP contribution in [0.25, 0.3) is 0 Å². The van der Waals surface area contributed by atoms with E-state index in [9.17, 15) is 4.79 Å². The Morgan fingerprint density at radius 1 is 1.19 bits per heavy atom. The maximum absolute atomic E-state index is 12.0. The molecule has 0 aromatic heterocycles. The number of piperidine rings is 1. The van der Waals surface area contributed by atoms with Crippen LogP contribution in [-0.4, -0.2) is 49.6 Å². The summed E-state index contributed by atoms with van der Waals surface area (Å²) >= 11 is 0. The van der Waals surface area contributed by atoms with E-state index in [1.165, 1.54) is 12.8 Å². The molecule has 1 rings (SSSR count). The average Bonchev–Trinajstić information content (AvgIpc) is 2.46. The van der Waals surface area contributed by atoms with E-state index in [1.54, 1.807) is 0 Å². The average molecular weight is 297 g/mol. The van der Waals surface area contributed by atoms with Crippen LogP contribution in [0.15, 0.2) is 0 Å². The van der Waals surface area contributed by atoms with Gasteiger partial charge in [0.15, 0.2) is 0 Å². The number of nitrogens with zero attached hydrogens (tertiary/aromatic N) is 1. The molecule has 2 N–H and O–H groups in total. The first-order valence-corrected chi connectivity index (χ1v) is 8.77. The molecule has 0 unspecified atom stereocenters. The molecule has 1 amide bonds. The van der Waals surface area contributed by atoms with Crippen LogP contribution in [-0.2, 0) is 4.79 Å². The SMILES string of the molecule is CCC(CC)NC(=O)CN1CCC(CNCC(C)C)CC1. The van der Waals surface area contributed by atoms with Gasteiger partial charge >= 0.3 is 0 Å². The first-order chi connectivity index (χ1) is 10.0. The number of rotatable bonds is 9. The lowest BCUT2D eigenvalue weighted by Crippen LogP contribution is -2.45. The minimum Gasteiger partial charge on any atom is -0.352 e. The predicted molar refractivity (Wildman–Crippen MR) is 89.4 cm³/mol. The lowest BCUT2D eigenvalue weighted by atomic mass is 9.96. The van der Waals surface area contributed by atoms with Crippen molar-refractivity contribution in [2.45, 2.75) is 59.4 Å². The molecule has 1 aliphatic heterocycles. The van der Waals surface area contributed by atoms with Crippen molar-refractivity contribution in [3.63, 3.8) is 0 Å². The highest BCUT2D eigenvalue weighted by Gasteiger charge is 2.21. The first kappa shape index (κ1) is 18.4. The van der Waals surface area contributed by atoms with Crippen molar-refractivity contribution in [2.24, 2.45) is 11.8 Å². The van der Waals surface area contributed by atoms with Crippen LogP contribution in [0, 0.1) is 11.8 Å². The van der Waals surface area contributed by atoms with Gasteiger partial charge in [0.05, 0.1) is 6.54 Å². The third-order valence-corrected chi connectivity index (χ3v) is 4.41. The number of carbonyl (C=O) groups is 1. The summed E-state index contributed by atoms with van der Waals surface area (Å²) in [4.78, 5) is 14.3. The molecule has 1 heterocycles. The smallest absolute Gasteiger partial charge is 0.234 e. The summed E-state index contributed by atoms with van der Waals surface area (Å²) in [6.45, 7) is 13.7. The van der Waals surface area contributed by atoms with Crippen LogP contribution in [0.2, 0.25) is 0 Å². The third-order valence-electron chi connectivity index (χ3n) is 4.41. The van der Waals surface area contributed by atoms with Crippen LogP contribution >= 0.6 is 0 Å². The summed E-state index contributed by atoms with van der Waals surface area (Å²) in [5, 5.41) is 6.68. The number of carbonyl (C=O) groups excluding carboxylic acids is 1. The highest BCUT2D eigenvalue weighted by atomic mass is 16.2. The van der Waals surface area contributed by atoms with Crippen LogP contribution in [0.5, 0.6) is 0 Å². The number of hydrogen-bond acceptors (Lipinski definition) is 3. The van der Waals surface area contributed by atoms with E-state index in [2.05, 4.69) is 43.2 Å². The van der Waals surface area contributed by atoms with Crippen molar-refractivity contribution >= 4 is 5.91 Å². The monoisotopic (exact) mass is 297 g/mol. The summed E-state index contributed by atoms with van der Waals surface area (Å²) in [5.74, 6) is 1.70. The molecule has 0 spiro atoms. The summed E-state index contributed by atoms with van der Waals surface area (Å²) < 4.78 is 0. The zero-order valence-electron chi connectivity index (χ0n) is 14.5. The molecule has 1 aliphatic rings. The van der Waals surface area contributed by atoms with Gasteiger partial charge in [0.1, 0.15) is 0 Å². The quantitative estimate of drug-likeness (QED) is 0.686. The highest BCUT2D eigenvalue weighted by Crippen LogP contribution is 2.16. The summed E-state index contributed by atoms with van der Waals surface area (Å²) in [5.41, 5.74) is 0. The maximum atomic E-state index is 12.0. The summed E-state index contributed by atoms with van der Waals surface area (Å²) in [6, 6.07) is 0.343. The molecule has 1 fully saturated rings. The van der Waals surface area contributed by atoms with Crippen LogP contribution in [0.4, 0.5) is 0 Å². The minimum atomic E-state index is 0.195. The van der Waals surface area contributed by atoms with E-state index in [0.717, 1.165) is 50.9 Å². The fourth-order valence-corrected chi connectivity index (χ4v) is 2.89. The summed E-state index contributed by atoms with van der Waals surface area (Å²) in [7, 11) is 0. The molecule has 4 heteroatoms. The fourth-order valence-electron chi connectivity index (χ4n) is 2.89. The molecule has 0 saturated carbocycles. The Labute approximate surface area is 131 Å². The second-order valence-corrected chi connectivity index (χ2v) is 6.85. The second kappa shape index (κ2) is 10.2. The molecule has 0 bridgehead atoms. The molecule has 0 aromatic carbocycles. The lowest BCUT2D eigenvalue weighted by molar-refractivity contribution is -0.123. The van der Waals surface area contributed by atoms with Crippen molar-refractivity contribution < 1.29 is 4.79 Å². The van der Waals surface area contributed by atoms with Crippen LogP contribution in [0.1, 0.15) is 53.4 Å². The van der Waals surface area contributed by atoms with Crippen molar-refractivity contribution in [3.8, 4) is 0 Å². The van der Waals surface area contributed by atoms with Gasteiger partial charge in [0.2, 0.25) is 5.91 Å².